The molecule has 0 amide bonds. The molecular weight excluding hydrogens is 166 g/mol. The van der Waals surface area contributed by atoms with Crippen LogP contribution in [-0.2, 0) is 4.79 Å². The fourth-order valence-electron chi connectivity index (χ4n) is 1.86. The molecule has 0 aromatic carbocycles. The molecule has 0 aromatic heterocycles. The molecule has 0 heterocycles. The van der Waals surface area contributed by atoms with Crippen molar-refractivity contribution in [2.75, 3.05) is 0 Å². The van der Waals surface area contributed by atoms with Gasteiger partial charge in [-0.15, -0.1) is 0 Å². The fourth-order valence-corrected chi connectivity index (χ4v) is 1.86. The zero-order valence-electron chi connectivity index (χ0n) is 7.29. The number of allylic oxidation sites excluding steroid dienone is 4. The summed E-state index contributed by atoms with van der Waals surface area (Å²) in [6, 6.07) is 0. The van der Waals surface area contributed by atoms with Crippen molar-refractivity contribution >= 4 is 11.5 Å². The molecule has 2 aliphatic rings. The van der Waals surface area contributed by atoms with Crippen LogP contribution in [0, 0.1) is 0 Å². The number of Topliss-reactive ketones (excluding diaryl/α,β-unsaturated/α-hetero) is 1. The third-order valence-electron chi connectivity index (χ3n) is 2.55. The lowest BCUT2D eigenvalue weighted by Crippen LogP contribution is -2.23. The number of carbonyl (C=O) groups excluding carboxylic acids is 1. The fraction of sp³-hybridized carbons (Fsp3) is 0.400. The lowest BCUT2D eigenvalue weighted by molar-refractivity contribution is -0.113. The molecule has 3 nitrogen and oxygen atoms in total. The Labute approximate surface area is 76.4 Å². The average molecular weight is 177 g/mol. The van der Waals surface area contributed by atoms with Crippen LogP contribution in [0.2, 0.25) is 0 Å². The maximum Gasteiger partial charge on any atom is 0.185 e. The van der Waals surface area contributed by atoms with Gasteiger partial charge in [-0.2, -0.15) is 0 Å². The summed E-state index contributed by atoms with van der Waals surface area (Å²) in [6.45, 7) is 0. The number of hydrogen-bond acceptors (Lipinski definition) is 3. The van der Waals surface area contributed by atoms with Crippen LogP contribution in [0.4, 0.5) is 0 Å². The third-order valence-corrected chi connectivity index (χ3v) is 2.55. The molecule has 2 aliphatic carbocycles. The summed E-state index contributed by atoms with van der Waals surface area (Å²) in [6.07, 6.45) is 7.26. The first kappa shape index (κ1) is 8.23. The molecule has 3 heteroatoms. The highest BCUT2D eigenvalue weighted by molar-refractivity contribution is 6.47. The van der Waals surface area contributed by atoms with Crippen molar-refractivity contribution in [2.45, 2.75) is 25.7 Å². The van der Waals surface area contributed by atoms with Gasteiger partial charge in [-0.25, -0.2) is 0 Å². The van der Waals surface area contributed by atoms with Crippen molar-refractivity contribution in [2.24, 2.45) is 5.16 Å². The Morgan fingerprint density at radius 2 is 2.15 bits per heavy atom. The standard InChI is InChI=1S/C10H11NO2/c12-9-6-5-7-3-1-2-4-8(7)10(9)11-13/h2,4,13H,1,3,5-6H2/b11-10-. The smallest absolute Gasteiger partial charge is 0.185 e. The Morgan fingerprint density at radius 3 is 2.92 bits per heavy atom. The van der Waals surface area contributed by atoms with Crippen LogP contribution in [-0.4, -0.2) is 16.7 Å². The summed E-state index contributed by atoms with van der Waals surface area (Å²) in [7, 11) is 0. The van der Waals surface area contributed by atoms with Crippen molar-refractivity contribution in [1.29, 1.82) is 0 Å². The second kappa shape index (κ2) is 3.17. The highest BCUT2D eigenvalue weighted by Crippen LogP contribution is 2.28. The predicted molar refractivity (Wildman–Crippen MR) is 48.9 cm³/mol. The maximum atomic E-state index is 11.3. The summed E-state index contributed by atoms with van der Waals surface area (Å²) >= 11 is 0. The zero-order valence-corrected chi connectivity index (χ0v) is 7.29. The summed E-state index contributed by atoms with van der Waals surface area (Å²) in [4.78, 5) is 11.3. The molecule has 0 spiro atoms. The normalized spacial score (nSPS) is 25.2. The van der Waals surface area contributed by atoms with Crippen LogP contribution in [0.5, 0.6) is 0 Å². The number of hydrogen-bond donors (Lipinski definition) is 1. The van der Waals surface area contributed by atoms with Crippen molar-refractivity contribution in [3.05, 3.63) is 23.3 Å². The van der Waals surface area contributed by atoms with Gasteiger partial charge in [0.1, 0.15) is 0 Å². The number of rotatable bonds is 0. The van der Waals surface area contributed by atoms with Gasteiger partial charge in [-0.1, -0.05) is 22.9 Å². The second-order valence-electron chi connectivity index (χ2n) is 3.33. The van der Waals surface area contributed by atoms with Gasteiger partial charge in [-0.05, 0) is 19.3 Å². The quantitative estimate of drug-likeness (QED) is 0.453. The molecule has 0 bridgehead atoms. The van der Waals surface area contributed by atoms with E-state index in [1.165, 1.54) is 5.57 Å². The first-order valence-corrected chi connectivity index (χ1v) is 4.47. The van der Waals surface area contributed by atoms with Gasteiger partial charge < -0.3 is 5.21 Å². The molecule has 0 aliphatic heterocycles. The first-order chi connectivity index (χ1) is 6.33. The molecule has 2 rings (SSSR count). The van der Waals surface area contributed by atoms with E-state index in [4.69, 9.17) is 5.21 Å². The largest absolute Gasteiger partial charge is 0.410 e. The monoisotopic (exact) mass is 177 g/mol. The van der Waals surface area contributed by atoms with Gasteiger partial charge >= 0.3 is 0 Å². The van der Waals surface area contributed by atoms with Crippen LogP contribution < -0.4 is 0 Å². The summed E-state index contributed by atoms with van der Waals surface area (Å²) in [5.74, 6) is -0.0483. The highest BCUT2D eigenvalue weighted by atomic mass is 16.4. The van der Waals surface area contributed by atoms with E-state index in [0.717, 1.165) is 24.8 Å². The third kappa shape index (κ3) is 1.30. The zero-order chi connectivity index (χ0) is 9.26. The van der Waals surface area contributed by atoms with Gasteiger partial charge in [-0.3, -0.25) is 4.79 Å². The first-order valence-electron chi connectivity index (χ1n) is 4.47. The molecule has 0 saturated heterocycles. The van der Waals surface area contributed by atoms with Crippen molar-refractivity contribution in [3.63, 3.8) is 0 Å². The van der Waals surface area contributed by atoms with Crippen LogP contribution in [0.3, 0.4) is 0 Å². The van der Waals surface area contributed by atoms with Crippen LogP contribution >= 0.6 is 0 Å². The van der Waals surface area contributed by atoms with Crippen molar-refractivity contribution in [3.8, 4) is 0 Å². The van der Waals surface area contributed by atoms with E-state index in [-0.39, 0.29) is 11.5 Å². The van der Waals surface area contributed by atoms with Crippen LogP contribution in [0.15, 0.2) is 28.5 Å². The van der Waals surface area contributed by atoms with E-state index in [1.54, 1.807) is 0 Å². The Balaban J connectivity index is 2.45. The molecule has 13 heavy (non-hydrogen) atoms. The lowest BCUT2D eigenvalue weighted by Gasteiger charge is -2.20. The van der Waals surface area contributed by atoms with Crippen molar-refractivity contribution < 1.29 is 10.0 Å². The van der Waals surface area contributed by atoms with Gasteiger partial charge in [0.15, 0.2) is 11.5 Å². The lowest BCUT2D eigenvalue weighted by atomic mass is 9.84. The van der Waals surface area contributed by atoms with Gasteiger partial charge in [0.2, 0.25) is 0 Å². The van der Waals surface area contributed by atoms with E-state index >= 15 is 0 Å². The summed E-state index contributed by atoms with van der Waals surface area (Å²) in [5, 5.41) is 11.8. The van der Waals surface area contributed by atoms with E-state index < -0.39 is 0 Å². The van der Waals surface area contributed by atoms with E-state index in [1.807, 2.05) is 12.2 Å². The average Bonchev–Trinajstić information content (AvgIpc) is 2.18. The number of nitrogens with zero attached hydrogens (tertiary/aromatic N) is 1. The number of carbonyl (C=O) groups is 1. The van der Waals surface area contributed by atoms with Crippen LogP contribution in [0.1, 0.15) is 25.7 Å². The topological polar surface area (TPSA) is 49.7 Å². The van der Waals surface area contributed by atoms with Gasteiger partial charge in [0.05, 0.1) is 0 Å². The molecule has 0 saturated carbocycles. The molecule has 0 aromatic rings. The highest BCUT2D eigenvalue weighted by Gasteiger charge is 2.25. The minimum atomic E-state index is -0.0483. The molecule has 1 N–H and O–H groups in total. The Bertz CT molecular complexity index is 337. The minimum Gasteiger partial charge on any atom is -0.410 e. The summed E-state index contributed by atoms with van der Waals surface area (Å²) in [5.41, 5.74) is 2.36. The molecule has 0 fully saturated rings. The Hall–Kier alpha value is -1.38. The number of ketones is 1. The number of oxime groups is 1. The Morgan fingerprint density at radius 1 is 1.31 bits per heavy atom. The Kier molecular flexibility index (Phi) is 2.00. The molecule has 0 atom stereocenters. The minimum absolute atomic E-state index is 0.0483. The second-order valence-corrected chi connectivity index (χ2v) is 3.33. The maximum absolute atomic E-state index is 11.3. The van der Waals surface area contributed by atoms with Crippen LogP contribution in [0.25, 0.3) is 0 Å². The predicted octanol–water partition coefficient (Wildman–Crippen LogP) is 1.83. The molecule has 0 radical (unpaired) electrons. The molecular formula is C10H11NO2. The van der Waals surface area contributed by atoms with Gasteiger partial charge in [0, 0.05) is 12.0 Å². The SMILES string of the molecule is O=C1CCC2=C(C=CCC2)/C1=N/O. The van der Waals surface area contributed by atoms with E-state index in [0.29, 0.717) is 6.42 Å². The van der Waals surface area contributed by atoms with Gasteiger partial charge in [0.25, 0.3) is 0 Å². The summed E-state index contributed by atoms with van der Waals surface area (Å²) < 4.78 is 0. The molecule has 68 valence electrons. The van der Waals surface area contributed by atoms with E-state index in [2.05, 4.69) is 5.16 Å². The molecule has 0 unspecified atom stereocenters. The van der Waals surface area contributed by atoms with Crippen molar-refractivity contribution in [1.82, 2.24) is 0 Å². The van der Waals surface area contributed by atoms with E-state index in [9.17, 15) is 4.79 Å².